The van der Waals surface area contributed by atoms with Gasteiger partial charge in [0.2, 0.25) is 0 Å². The van der Waals surface area contributed by atoms with E-state index >= 15 is 0 Å². The summed E-state index contributed by atoms with van der Waals surface area (Å²) in [6.07, 6.45) is 0.336. The molecule has 2 unspecified atom stereocenters. The van der Waals surface area contributed by atoms with Crippen molar-refractivity contribution < 1.29 is 23.0 Å². The Morgan fingerprint density at radius 1 is 1.42 bits per heavy atom. The van der Waals surface area contributed by atoms with Crippen LogP contribution in [0.3, 0.4) is 0 Å². The number of rotatable bonds is 6. The average molecular weight is 362 g/mol. The second-order valence-corrected chi connectivity index (χ2v) is 7.23. The molecular formula is C17H22ClF2NO3. The Morgan fingerprint density at radius 3 is 2.75 bits per heavy atom. The van der Waals surface area contributed by atoms with Crippen LogP contribution in [-0.4, -0.2) is 31.5 Å². The van der Waals surface area contributed by atoms with E-state index in [1.54, 1.807) is 20.8 Å². The molecule has 1 aromatic rings. The van der Waals surface area contributed by atoms with Crippen molar-refractivity contribution in [3.8, 4) is 5.75 Å². The van der Waals surface area contributed by atoms with Crippen molar-refractivity contribution >= 4 is 17.7 Å². The van der Waals surface area contributed by atoms with E-state index in [0.29, 0.717) is 12.3 Å². The van der Waals surface area contributed by atoms with E-state index in [0.717, 1.165) is 12.0 Å². The number of halogens is 3. The van der Waals surface area contributed by atoms with Gasteiger partial charge in [-0.1, -0.05) is 11.6 Å². The van der Waals surface area contributed by atoms with Crippen LogP contribution in [0.2, 0.25) is 5.02 Å². The molecule has 1 fully saturated rings. The van der Waals surface area contributed by atoms with Crippen LogP contribution in [0.5, 0.6) is 5.75 Å². The van der Waals surface area contributed by atoms with Crippen LogP contribution in [0.15, 0.2) is 12.1 Å². The number of alkyl carbamates (subject to hydrolysis) is 1. The lowest BCUT2D eigenvalue weighted by Gasteiger charge is -2.19. The summed E-state index contributed by atoms with van der Waals surface area (Å²) in [7, 11) is 0. The Morgan fingerprint density at radius 2 is 2.12 bits per heavy atom. The molecule has 0 spiro atoms. The largest absolute Gasteiger partial charge is 0.490 e. The molecule has 0 aromatic heterocycles. The van der Waals surface area contributed by atoms with E-state index < -0.39 is 24.2 Å². The van der Waals surface area contributed by atoms with Crippen molar-refractivity contribution in [1.82, 2.24) is 5.32 Å². The Balaban J connectivity index is 1.96. The molecule has 0 saturated heterocycles. The van der Waals surface area contributed by atoms with Gasteiger partial charge in [0, 0.05) is 12.6 Å². The fourth-order valence-electron chi connectivity index (χ4n) is 2.49. The average Bonchev–Trinajstić information content (AvgIpc) is 3.23. The Hall–Kier alpha value is -1.56. The normalized spacial score (nSPS) is 19.8. The van der Waals surface area contributed by atoms with Gasteiger partial charge in [-0.25, -0.2) is 13.6 Å². The van der Waals surface area contributed by atoms with Gasteiger partial charge in [-0.2, -0.15) is 0 Å². The second kappa shape index (κ2) is 7.55. The fraction of sp³-hybridized carbons (Fsp3) is 0.588. The molecule has 1 aromatic carbocycles. The predicted molar refractivity (Wildman–Crippen MR) is 88.0 cm³/mol. The third-order valence-corrected chi connectivity index (χ3v) is 3.91. The third-order valence-electron chi connectivity index (χ3n) is 3.62. The van der Waals surface area contributed by atoms with Crippen molar-refractivity contribution in [3.05, 3.63) is 28.5 Å². The van der Waals surface area contributed by atoms with Crippen LogP contribution >= 0.6 is 11.6 Å². The second-order valence-electron chi connectivity index (χ2n) is 6.83. The highest BCUT2D eigenvalue weighted by Gasteiger charge is 2.40. The van der Waals surface area contributed by atoms with E-state index in [-0.39, 0.29) is 23.5 Å². The SMILES string of the molecule is CC(C)(C)OC(=O)NCC1CC1c1cc(Cl)c(F)cc1OCCF. The van der Waals surface area contributed by atoms with E-state index in [9.17, 15) is 13.6 Å². The Kier molecular flexibility index (Phi) is 5.91. The molecule has 2 atom stereocenters. The maximum absolute atomic E-state index is 13.6. The van der Waals surface area contributed by atoms with Crippen LogP contribution in [0, 0.1) is 11.7 Å². The molecule has 134 valence electrons. The first-order chi connectivity index (χ1) is 11.2. The summed E-state index contributed by atoms with van der Waals surface area (Å²) in [6, 6.07) is 2.70. The Bertz CT molecular complexity index is 604. The summed E-state index contributed by atoms with van der Waals surface area (Å²) in [6.45, 7) is 5.03. The molecule has 24 heavy (non-hydrogen) atoms. The quantitative estimate of drug-likeness (QED) is 0.814. The summed E-state index contributed by atoms with van der Waals surface area (Å²) < 4.78 is 36.4. The molecule has 4 nitrogen and oxygen atoms in total. The minimum Gasteiger partial charge on any atom is -0.490 e. The van der Waals surface area contributed by atoms with E-state index in [1.807, 2.05) is 0 Å². The minimum atomic E-state index is -0.655. The van der Waals surface area contributed by atoms with Gasteiger partial charge in [0.25, 0.3) is 0 Å². The van der Waals surface area contributed by atoms with Crippen molar-refractivity contribution in [2.75, 3.05) is 19.8 Å². The number of carbonyl (C=O) groups is 1. The number of alkyl halides is 1. The monoisotopic (exact) mass is 361 g/mol. The van der Waals surface area contributed by atoms with Crippen LogP contribution in [0.4, 0.5) is 13.6 Å². The van der Waals surface area contributed by atoms with Gasteiger partial charge in [0.15, 0.2) is 0 Å². The topological polar surface area (TPSA) is 47.6 Å². The lowest BCUT2D eigenvalue weighted by Crippen LogP contribution is -2.33. The highest BCUT2D eigenvalue weighted by Crippen LogP contribution is 2.51. The molecule has 1 aliphatic rings. The van der Waals surface area contributed by atoms with Crippen molar-refractivity contribution in [1.29, 1.82) is 0 Å². The molecule has 7 heteroatoms. The number of hydrogen-bond acceptors (Lipinski definition) is 3. The zero-order valence-corrected chi connectivity index (χ0v) is 14.8. The van der Waals surface area contributed by atoms with Gasteiger partial charge < -0.3 is 14.8 Å². The van der Waals surface area contributed by atoms with E-state index in [2.05, 4.69) is 5.32 Å². The van der Waals surface area contributed by atoms with Crippen LogP contribution in [-0.2, 0) is 4.74 Å². The summed E-state index contributed by atoms with van der Waals surface area (Å²) in [4.78, 5) is 11.7. The molecule has 1 aliphatic carbocycles. The maximum atomic E-state index is 13.6. The summed E-state index contributed by atoms with van der Waals surface area (Å²) >= 11 is 5.85. The number of ether oxygens (including phenoxy) is 2. The van der Waals surface area contributed by atoms with E-state index in [4.69, 9.17) is 21.1 Å². The van der Waals surface area contributed by atoms with Crippen LogP contribution in [0.1, 0.15) is 38.7 Å². The standard InChI is InChI=1S/C17H22ClF2NO3/c1-17(2,3)24-16(22)21-9-10-6-11(10)12-7-13(18)14(20)8-15(12)23-5-4-19/h7-8,10-11H,4-6,9H2,1-3H3,(H,21,22). The number of hydrogen-bond donors (Lipinski definition) is 1. The summed E-state index contributed by atoms with van der Waals surface area (Å²) in [5.41, 5.74) is 0.191. The smallest absolute Gasteiger partial charge is 0.407 e. The number of nitrogens with one attached hydrogen (secondary N) is 1. The number of benzene rings is 1. The van der Waals surface area contributed by atoms with Gasteiger partial charge in [0.05, 0.1) is 5.02 Å². The lowest BCUT2D eigenvalue weighted by atomic mass is 10.1. The first-order valence-corrected chi connectivity index (χ1v) is 8.23. The van der Waals surface area contributed by atoms with Gasteiger partial charge in [-0.05, 0) is 50.7 Å². The van der Waals surface area contributed by atoms with Crippen molar-refractivity contribution in [2.45, 2.75) is 38.7 Å². The molecule has 0 heterocycles. The number of carbonyl (C=O) groups excluding carboxylic acids is 1. The molecule has 0 radical (unpaired) electrons. The molecule has 1 amide bonds. The summed E-state index contributed by atoms with van der Waals surface area (Å²) in [5.74, 6) is -0.0166. The van der Waals surface area contributed by atoms with Crippen molar-refractivity contribution in [3.63, 3.8) is 0 Å². The maximum Gasteiger partial charge on any atom is 0.407 e. The number of amides is 1. The zero-order chi connectivity index (χ0) is 17.9. The first kappa shape index (κ1) is 18.8. The highest BCUT2D eigenvalue weighted by atomic mass is 35.5. The Labute approximate surface area is 145 Å². The van der Waals surface area contributed by atoms with Gasteiger partial charge >= 0.3 is 6.09 Å². The van der Waals surface area contributed by atoms with Crippen LogP contribution in [0.25, 0.3) is 0 Å². The summed E-state index contributed by atoms with van der Waals surface area (Å²) in [5, 5.41) is 2.72. The molecule has 1 saturated carbocycles. The molecule has 2 rings (SSSR count). The highest BCUT2D eigenvalue weighted by molar-refractivity contribution is 6.30. The lowest BCUT2D eigenvalue weighted by molar-refractivity contribution is 0.0525. The minimum absolute atomic E-state index is 0.00310. The van der Waals surface area contributed by atoms with Crippen LogP contribution < -0.4 is 10.1 Å². The zero-order valence-electron chi connectivity index (χ0n) is 14.0. The molecular weight excluding hydrogens is 340 g/mol. The molecule has 1 N–H and O–H groups in total. The predicted octanol–water partition coefficient (Wildman–Crippen LogP) is 4.46. The van der Waals surface area contributed by atoms with Crippen molar-refractivity contribution in [2.24, 2.45) is 5.92 Å². The third kappa shape index (κ3) is 5.23. The van der Waals surface area contributed by atoms with Gasteiger partial charge in [-0.15, -0.1) is 0 Å². The fourth-order valence-corrected chi connectivity index (χ4v) is 2.66. The molecule has 0 bridgehead atoms. The van der Waals surface area contributed by atoms with E-state index in [1.165, 1.54) is 12.1 Å². The molecule has 0 aliphatic heterocycles. The first-order valence-electron chi connectivity index (χ1n) is 7.86. The van der Waals surface area contributed by atoms with Gasteiger partial charge in [-0.3, -0.25) is 0 Å². The van der Waals surface area contributed by atoms with Gasteiger partial charge in [0.1, 0.15) is 30.4 Å².